The Balaban J connectivity index is 1.35. The van der Waals surface area contributed by atoms with E-state index in [0.717, 1.165) is 39.9 Å². The minimum absolute atomic E-state index is 0.0425. The van der Waals surface area contributed by atoms with Crippen LogP contribution in [0.4, 0.5) is 0 Å². The van der Waals surface area contributed by atoms with E-state index in [2.05, 4.69) is 14.8 Å². The van der Waals surface area contributed by atoms with Crippen molar-refractivity contribution in [1.82, 2.24) is 19.3 Å². The van der Waals surface area contributed by atoms with E-state index in [9.17, 15) is 4.79 Å². The molecule has 0 spiro atoms. The van der Waals surface area contributed by atoms with E-state index in [1.165, 1.54) is 11.8 Å². The van der Waals surface area contributed by atoms with E-state index >= 15 is 0 Å². The van der Waals surface area contributed by atoms with Gasteiger partial charge in [0, 0.05) is 35.8 Å². The van der Waals surface area contributed by atoms with Crippen molar-refractivity contribution in [2.75, 3.05) is 19.0 Å². The second kappa shape index (κ2) is 8.47. The van der Waals surface area contributed by atoms with Gasteiger partial charge >= 0.3 is 0 Å². The predicted molar refractivity (Wildman–Crippen MR) is 125 cm³/mol. The number of hydrogen-bond acceptors (Lipinski definition) is 7. The van der Waals surface area contributed by atoms with Crippen molar-refractivity contribution in [2.45, 2.75) is 25.9 Å². The molecule has 0 saturated carbocycles. The number of carbonyl (C=O) groups excluding carboxylic acids is 1. The number of hydrogen-bond donors (Lipinski definition) is 0. The number of thioether (sulfide) groups is 1. The van der Waals surface area contributed by atoms with Crippen LogP contribution in [0.1, 0.15) is 27.5 Å². The zero-order chi connectivity index (χ0) is 23.1. The number of rotatable bonds is 6. The number of furan rings is 1. The molecule has 0 N–H and O–H groups in total. The average molecular weight is 465 g/mol. The third-order valence-electron chi connectivity index (χ3n) is 5.78. The SMILES string of the molecule is Cc1occc1-c1nnc(SCC(=O)c2cc(C)n(-c3ccc4c(c3)OCCO4)c2C)n1C. The molecule has 0 atom stereocenters. The summed E-state index contributed by atoms with van der Waals surface area (Å²) in [5, 5.41) is 9.22. The van der Waals surface area contributed by atoms with Crippen molar-refractivity contribution in [3.63, 3.8) is 0 Å². The van der Waals surface area contributed by atoms with Crippen LogP contribution < -0.4 is 9.47 Å². The number of benzene rings is 1. The average Bonchev–Trinajstić information content (AvgIpc) is 3.48. The van der Waals surface area contributed by atoms with Crippen molar-refractivity contribution < 1.29 is 18.7 Å². The van der Waals surface area contributed by atoms with Crippen LogP contribution in [0.5, 0.6) is 11.5 Å². The van der Waals surface area contributed by atoms with Gasteiger partial charge in [-0.15, -0.1) is 10.2 Å². The summed E-state index contributed by atoms with van der Waals surface area (Å²) < 4.78 is 20.7. The molecule has 1 aliphatic heterocycles. The lowest BCUT2D eigenvalue weighted by Gasteiger charge is -2.20. The number of aryl methyl sites for hydroxylation is 2. The molecule has 9 heteroatoms. The standard InChI is InChI=1S/C24H24N4O4S/c1-14-11-19(15(2)28(14)17-5-6-21-22(12-17)32-10-9-31-21)20(29)13-33-24-26-25-23(27(24)4)18-7-8-30-16(18)3/h5-8,11-12H,9-10,13H2,1-4H3. The van der Waals surface area contributed by atoms with Crippen molar-refractivity contribution in [2.24, 2.45) is 7.05 Å². The van der Waals surface area contributed by atoms with Gasteiger partial charge < -0.3 is 23.0 Å². The van der Waals surface area contributed by atoms with Crippen molar-refractivity contribution >= 4 is 17.5 Å². The Kier molecular flexibility index (Phi) is 5.49. The highest BCUT2D eigenvalue weighted by Gasteiger charge is 2.21. The fraction of sp³-hybridized carbons (Fsp3) is 0.292. The molecule has 0 radical (unpaired) electrons. The normalized spacial score (nSPS) is 12.8. The molecule has 0 aliphatic carbocycles. The molecule has 1 aromatic carbocycles. The number of nitrogens with zero attached hydrogens (tertiary/aromatic N) is 4. The summed E-state index contributed by atoms with van der Waals surface area (Å²) in [6.07, 6.45) is 1.63. The molecule has 170 valence electrons. The van der Waals surface area contributed by atoms with E-state index in [0.29, 0.717) is 29.8 Å². The van der Waals surface area contributed by atoms with Crippen LogP contribution in [0.25, 0.3) is 17.1 Å². The molecule has 0 fully saturated rings. The molecule has 5 rings (SSSR count). The summed E-state index contributed by atoms with van der Waals surface area (Å²) in [7, 11) is 1.89. The zero-order valence-corrected chi connectivity index (χ0v) is 19.7. The fourth-order valence-electron chi connectivity index (χ4n) is 4.11. The van der Waals surface area contributed by atoms with E-state index in [-0.39, 0.29) is 11.5 Å². The smallest absolute Gasteiger partial charge is 0.191 e. The third-order valence-corrected chi connectivity index (χ3v) is 6.80. The molecule has 3 aromatic heterocycles. The molecule has 33 heavy (non-hydrogen) atoms. The summed E-state index contributed by atoms with van der Waals surface area (Å²) >= 11 is 1.38. The predicted octanol–water partition coefficient (Wildman–Crippen LogP) is 4.54. The van der Waals surface area contributed by atoms with Gasteiger partial charge in [0.05, 0.1) is 17.6 Å². The minimum atomic E-state index is 0.0425. The Hall–Kier alpha value is -3.46. The second-order valence-electron chi connectivity index (χ2n) is 7.92. The second-order valence-corrected chi connectivity index (χ2v) is 8.86. The maximum Gasteiger partial charge on any atom is 0.191 e. The zero-order valence-electron chi connectivity index (χ0n) is 18.9. The summed E-state index contributed by atoms with van der Waals surface area (Å²) in [4.78, 5) is 13.1. The van der Waals surface area contributed by atoms with Crippen LogP contribution in [0.15, 0.2) is 46.2 Å². The molecule has 0 bridgehead atoms. The Morgan fingerprint density at radius 2 is 1.85 bits per heavy atom. The highest BCUT2D eigenvalue weighted by Crippen LogP contribution is 2.34. The Labute approximate surface area is 195 Å². The van der Waals surface area contributed by atoms with E-state index < -0.39 is 0 Å². The van der Waals surface area contributed by atoms with Crippen LogP contribution in [-0.2, 0) is 7.05 Å². The number of ether oxygens (including phenoxy) is 2. The lowest BCUT2D eigenvalue weighted by Crippen LogP contribution is -2.15. The number of fused-ring (bicyclic) bond motifs is 1. The van der Waals surface area contributed by atoms with Crippen molar-refractivity contribution in [3.8, 4) is 28.6 Å². The van der Waals surface area contributed by atoms with Gasteiger partial charge in [-0.05, 0) is 45.0 Å². The molecule has 0 amide bonds. The van der Waals surface area contributed by atoms with Gasteiger partial charge in [0.2, 0.25) is 0 Å². The minimum Gasteiger partial charge on any atom is -0.486 e. The van der Waals surface area contributed by atoms with Crippen LogP contribution >= 0.6 is 11.8 Å². The monoisotopic (exact) mass is 464 g/mol. The van der Waals surface area contributed by atoms with Crippen molar-refractivity contribution in [3.05, 3.63) is 59.3 Å². The topological polar surface area (TPSA) is 84.3 Å². The van der Waals surface area contributed by atoms with E-state index in [1.54, 1.807) is 6.26 Å². The molecule has 0 saturated heterocycles. The Morgan fingerprint density at radius 3 is 2.61 bits per heavy atom. The summed E-state index contributed by atoms with van der Waals surface area (Å²) in [6.45, 7) is 6.93. The number of Topliss-reactive ketones (excluding diaryl/α,β-unsaturated/α-hetero) is 1. The van der Waals surface area contributed by atoms with Gasteiger partial charge in [-0.3, -0.25) is 4.79 Å². The number of carbonyl (C=O) groups is 1. The van der Waals surface area contributed by atoms with Gasteiger partial charge in [0.1, 0.15) is 19.0 Å². The summed E-state index contributed by atoms with van der Waals surface area (Å²) in [5.74, 6) is 3.27. The maximum absolute atomic E-state index is 13.1. The fourth-order valence-corrected chi connectivity index (χ4v) is 4.91. The number of aromatic nitrogens is 4. The molecule has 8 nitrogen and oxygen atoms in total. The highest BCUT2D eigenvalue weighted by atomic mass is 32.2. The lowest BCUT2D eigenvalue weighted by molar-refractivity contribution is 0.102. The maximum atomic E-state index is 13.1. The number of ketones is 1. The quantitative estimate of drug-likeness (QED) is 0.306. The molecule has 0 unspecified atom stereocenters. The molecule has 1 aliphatic rings. The summed E-state index contributed by atoms with van der Waals surface area (Å²) in [6, 6.07) is 9.65. The molecule has 4 heterocycles. The van der Waals surface area contributed by atoms with Gasteiger partial charge in [0.25, 0.3) is 0 Å². The van der Waals surface area contributed by atoms with Gasteiger partial charge in [-0.2, -0.15) is 0 Å². The third kappa shape index (κ3) is 3.82. The van der Waals surface area contributed by atoms with Crippen LogP contribution in [-0.4, -0.2) is 44.1 Å². The largest absolute Gasteiger partial charge is 0.486 e. The first kappa shape index (κ1) is 21.4. The van der Waals surface area contributed by atoms with E-state index in [1.807, 2.05) is 62.7 Å². The first-order valence-electron chi connectivity index (χ1n) is 10.6. The Morgan fingerprint density at radius 1 is 1.06 bits per heavy atom. The van der Waals surface area contributed by atoms with Crippen LogP contribution in [0, 0.1) is 20.8 Å². The van der Waals surface area contributed by atoms with Crippen LogP contribution in [0.2, 0.25) is 0 Å². The summed E-state index contributed by atoms with van der Waals surface area (Å²) in [5.41, 5.74) is 4.40. The van der Waals surface area contributed by atoms with Gasteiger partial charge in [0.15, 0.2) is 28.3 Å². The van der Waals surface area contributed by atoms with Crippen molar-refractivity contribution in [1.29, 1.82) is 0 Å². The highest BCUT2D eigenvalue weighted by molar-refractivity contribution is 7.99. The lowest BCUT2D eigenvalue weighted by atomic mass is 10.2. The van der Waals surface area contributed by atoms with Crippen LogP contribution in [0.3, 0.4) is 0 Å². The van der Waals surface area contributed by atoms with Gasteiger partial charge in [-0.25, -0.2) is 0 Å². The molecule has 4 aromatic rings. The van der Waals surface area contributed by atoms with Gasteiger partial charge in [-0.1, -0.05) is 11.8 Å². The molecular weight excluding hydrogens is 440 g/mol. The first-order valence-corrected chi connectivity index (χ1v) is 11.6. The van der Waals surface area contributed by atoms with E-state index in [4.69, 9.17) is 13.9 Å². The first-order chi connectivity index (χ1) is 15.9. The Bertz CT molecular complexity index is 1350. The molecular formula is C24H24N4O4S.